The van der Waals surface area contributed by atoms with Crippen LogP contribution in [0.5, 0.6) is 5.75 Å². The molecule has 32 heavy (non-hydrogen) atoms. The van der Waals surface area contributed by atoms with Gasteiger partial charge in [0.15, 0.2) is 17.7 Å². The maximum atomic E-state index is 13.5. The number of Topliss-reactive ketones (excluding diaryl/α,β-unsaturated/α-hetero) is 1. The van der Waals surface area contributed by atoms with Crippen LogP contribution < -0.4 is 15.0 Å². The number of aromatic nitrogens is 1. The van der Waals surface area contributed by atoms with Crippen molar-refractivity contribution in [1.82, 2.24) is 5.32 Å². The van der Waals surface area contributed by atoms with Crippen molar-refractivity contribution in [3.05, 3.63) is 83.5 Å². The number of ketones is 1. The van der Waals surface area contributed by atoms with Crippen molar-refractivity contribution >= 4 is 11.8 Å². The molecule has 1 aliphatic carbocycles. The Morgan fingerprint density at radius 1 is 1.16 bits per heavy atom. The van der Waals surface area contributed by atoms with Crippen LogP contribution in [0.1, 0.15) is 49.8 Å². The highest BCUT2D eigenvalue weighted by molar-refractivity contribution is 6.00. The number of carbonyl (C=O) groups excluding carboxylic acids is 2. The third-order valence-electron chi connectivity index (χ3n) is 6.10. The topological polar surface area (TPSA) is 78.8 Å². The van der Waals surface area contributed by atoms with Gasteiger partial charge in [-0.05, 0) is 43.9 Å². The number of H-pyrrole nitrogens is 1. The quantitative estimate of drug-likeness (QED) is 0.728. The van der Waals surface area contributed by atoms with E-state index in [0.717, 1.165) is 22.7 Å². The molecule has 0 radical (unpaired) electrons. The number of aromatic amines is 1. The summed E-state index contributed by atoms with van der Waals surface area (Å²) in [5, 5.41) is 3.30. The van der Waals surface area contributed by atoms with Gasteiger partial charge < -0.3 is 14.8 Å². The average molecular weight is 434 g/mol. The molecular formula is C26H29N2O4+. The number of benzene rings is 1. The predicted octanol–water partition coefficient (Wildman–Crippen LogP) is 3.68. The molecule has 2 aliphatic rings. The van der Waals surface area contributed by atoms with E-state index in [1.165, 1.54) is 0 Å². The molecule has 3 atom stereocenters. The van der Waals surface area contributed by atoms with Gasteiger partial charge >= 0.3 is 5.97 Å². The fourth-order valence-electron chi connectivity index (χ4n) is 4.68. The minimum atomic E-state index is -0.684. The molecule has 2 N–H and O–H groups in total. The van der Waals surface area contributed by atoms with Crippen LogP contribution in [0.3, 0.4) is 0 Å². The number of ether oxygens (including phenoxy) is 2. The van der Waals surface area contributed by atoms with Crippen LogP contribution in [0.25, 0.3) is 0 Å². The summed E-state index contributed by atoms with van der Waals surface area (Å²) in [5.41, 5.74) is 3.92. The van der Waals surface area contributed by atoms with Crippen LogP contribution in [0.4, 0.5) is 0 Å². The van der Waals surface area contributed by atoms with Crippen molar-refractivity contribution in [1.29, 1.82) is 0 Å². The van der Waals surface area contributed by atoms with Gasteiger partial charge in [-0.25, -0.2) is 4.98 Å². The number of methoxy groups -OCH3 is 1. The molecule has 4 rings (SSSR count). The largest absolute Gasteiger partial charge is 0.497 e. The van der Waals surface area contributed by atoms with Gasteiger partial charge in [0.25, 0.3) is 0 Å². The van der Waals surface area contributed by atoms with Crippen LogP contribution >= 0.6 is 0 Å². The van der Waals surface area contributed by atoms with Crippen LogP contribution in [0.15, 0.2) is 72.2 Å². The summed E-state index contributed by atoms with van der Waals surface area (Å²) in [4.78, 5) is 29.8. The Morgan fingerprint density at radius 2 is 1.91 bits per heavy atom. The molecule has 0 amide bonds. The maximum Gasteiger partial charge on any atom is 0.316 e. The van der Waals surface area contributed by atoms with Crippen molar-refractivity contribution in [2.45, 2.75) is 44.6 Å². The zero-order chi connectivity index (χ0) is 22.8. The lowest BCUT2D eigenvalue weighted by Crippen LogP contribution is -2.44. The number of pyridine rings is 1. The number of hydrogen-bond donors (Lipinski definition) is 1. The fraction of sp³-hybridized carbons (Fsp3) is 0.346. The van der Waals surface area contributed by atoms with E-state index in [1.54, 1.807) is 13.3 Å². The Balaban J connectivity index is 1.74. The summed E-state index contributed by atoms with van der Waals surface area (Å²) in [6.07, 6.45) is 2.60. The normalized spacial score (nSPS) is 22.9. The van der Waals surface area contributed by atoms with Crippen LogP contribution in [0.2, 0.25) is 0 Å². The second-order valence-electron chi connectivity index (χ2n) is 8.60. The van der Waals surface area contributed by atoms with Crippen molar-refractivity contribution < 1.29 is 24.0 Å². The van der Waals surface area contributed by atoms with Crippen molar-refractivity contribution in [3.8, 4) is 5.75 Å². The molecule has 0 saturated heterocycles. The zero-order valence-electron chi connectivity index (χ0n) is 18.7. The zero-order valence-corrected chi connectivity index (χ0v) is 18.7. The summed E-state index contributed by atoms with van der Waals surface area (Å²) < 4.78 is 10.8. The van der Waals surface area contributed by atoms with E-state index in [9.17, 15) is 9.59 Å². The van der Waals surface area contributed by atoms with E-state index in [0.29, 0.717) is 24.1 Å². The third-order valence-corrected chi connectivity index (χ3v) is 6.10. The number of carbonyl (C=O) groups is 2. The van der Waals surface area contributed by atoms with Gasteiger partial charge in [-0.2, -0.15) is 0 Å². The molecule has 1 aromatic carbocycles. The van der Waals surface area contributed by atoms with E-state index in [2.05, 4.69) is 16.9 Å². The summed E-state index contributed by atoms with van der Waals surface area (Å²) in [7, 11) is 1.63. The highest BCUT2D eigenvalue weighted by atomic mass is 16.5. The van der Waals surface area contributed by atoms with Gasteiger partial charge in [0, 0.05) is 35.5 Å². The molecule has 1 aliphatic heterocycles. The molecule has 2 heterocycles. The Morgan fingerprint density at radius 3 is 2.53 bits per heavy atom. The summed E-state index contributed by atoms with van der Waals surface area (Å²) >= 11 is 0. The molecule has 6 nitrogen and oxygen atoms in total. The number of rotatable bonds is 5. The van der Waals surface area contributed by atoms with E-state index < -0.39 is 11.8 Å². The molecule has 0 bridgehead atoms. The smallest absolute Gasteiger partial charge is 0.316 e. The monoisotopic (exact) mass is 433 g/mol. The highest BCUT2D eigenvalue weighted by Crippen LogP contribution is 2.46. The van der Waals surface area contributed by atoms with Gasteiger partial charge in [-0.1, -0.05) is 24.8 Å². The first-order valence-electron chi connectivity index (χ1n) is 10.9. The molecule has 166 valence electrons. The molecule has 2 aromatic rings. The molecule has 0 spiro atoms. The lowest BCUT2D eigenvalue weighted by Gasteiger charge is -2.38. The SMILES string of the molecule is C=C1NC2=C(C(=O)CC(c3ccc(OC)cc3)C2)C(c2cccc[nH+]2)C1C(=O)OC(C)C. The predicted molar refractivity (Wildman–Crippen MR) is 120 cm³/mol. The Kier molecular flexibility index (Phi) is 6.12. The molecular weight excluding hydrogens is 404 g/mol. The molecule has 1 aromatic heterocycles. The van der Waals surface area contributed by atoms with Crippen molar-refractivity contribution in [2.24, 2.45) is 5.92 Å². The summed E-state index contributed by atoms with van der Waals surface area (Å²) in [6, 6.07) is 13.5. The first kappa shape index (κ1) is 21.8. The van der Waals surface area contributed by atoms with Crippen LogP contribution in [-0.2, 0) is 14.3 Å². The van der Waals surface area contributed by atoms with Gasteiger partial charge in [-0.15, -0.1) is 0 Å². The Labute approximate surface area is 188 Å². The number of hydrogen-bond acceptors (Lipinski definition) is 5. The van der Waals surface area contributed by atoms with E-state index in [4.69, 9.17) is 9.47 Å². The minimum Gasteiger partial charge on any atom is -0.497 e. The Bertz CT molecular complexity index is 1060. The Hall–Kier alpha value is -3.41. The first-order valence-corrected chi connectivity index (χ1v) is 10.9. The van der Waals surface area contributed by atoms with Gasteiger partial charge in [0.1, 0.15) is 11.7 Å². The lowest BCUT2D eigenvalue weighted by atomic mass is 9.70. The van der Waals surface area contributed by atoms with E-state index in [1.807, 2.05) is 56.3 Å². The van der Waals surface area contributed by atoms with Gasteiger partial charge in [0.05, 0.1) is 19.1 Å². The third kappa shape index (κ3) is 4.17. The minimum absolute atomic E-state index is 0.0386. The molecule has 0 fully saturated rings. The van der Waals surface area contributed by atoms with Crippen molar-refractivity contribution in [2.75, 3.05) is 7.11 Å². The maximum absolute atomic E-state index is 13.5. The highest BCUT2D eigenvalue weighted by Gasteiger charge is 2.48. The lowest BCUT2D eigenvalue weighted by molar-refractivity contribution is -0.392. The van der Waals surface area contributed by atoms with E-state index >= 15 is 0 Å². The second kappa shape index (κ2) is 8.99. The first-order chi connectivity index (χ1) is 15.4. The standard InChI is InChI=1S/C26H28N2O4/c1-15(2)32-26(30)23-16(3)28-21-13-18(17-8-10-19(31-4)11-9-17)14-22(29)24(21)25(23)20-7-5-6-12-27-20/h5-12,15,18,23,25,28H,3,13-14H2,1-2,4H3/p+1. The van der Waals surface area contributed by atoms with Crippen LogP contribution in [-0.4, -0.2) is 25.0 Å². The molecule has 0 saturated carbocycles. The van der Waals surface area contributed by atoms with Gasteiger partial charge in [-0.3, -0.25) is 9.59 Å². The average Bonchev–Trinajstić information content (AvgIpc) is 2.78. The summed E-state index contributed by atoms with van der Waals surface area (Å²) in [5.74, 6) is -0.655. The second-order valence-corrected chi connectivity index (χ2v) is 8.60. The molecule has 3 unspecified atom stereocenters. The van der Waals surface area contributed by atoms with Gasteiger partial charge in [0.2, 0.25) is 0 Å². The van der Waals surface area contributed by atoms with Crippen LogP contribution in [0, 0.1) is 5.92 Å². The van der Waals surface area contributed by atoms with E-state index in [-0.39, 0.29) is 23.8 Å². The fourth-order valence-corrected chi connectivity index (χ4v) is 4.68. The molecule has 6 heteroatoms. The number of nitrogens with one attached hydrogen (secondary N) is 2. The number of allylic oxidation sites excluding steroid dienone is 2. The van der Waals surface area contributed by atoms with Crippen molar-refractivity contribution in [3.63, 3.8) is 0 Å². The number of esters is 1. The summed E-state index contributed by atoms with van der Waals surface area (Å²) in [6.45, 7) is 7.78.